The van der Waals surface area contributed by atoms with Crippen LogP contribution < -0.4 is 5.32 Å². The normalized spacial score (nSPS) is 15.3. The van der Waals surface area contributed by atoms with Gasteiger partial charge in [0.2, 0.25) is 5.91 Å². The molecular formula is C25H28N2O6. The number of carboxylic acid groups (broad SMARTS) is 1. The van der Waals surface area contributed by atoms with E-state index in [1.807, 2.05) is 24.3 Å². The lowest BCUT2D eigenvalue weighted by Crippen LogP contribution is -2.45. The lowest BCUT2D eigenvalue weighted by molar-refractivity contribution is -0.145. The number of alkyl carbamates (subject to hydrolysis) is 1. The predicted molar refractivity (Wildman–Crippen MR) is 121 cm³/mol. The van der Waals surface area contributed by atoms with E-state index in [1.54, 1.807) is 0 Å². The van der Waals surface area contributed by atoms with Crippen molar-refractivity contribution >= 4 is 18.0 Å². The molecule has 4 rings (SSSR count). The summed E-state index contributed by atoms with van der Waals surface area (Å²) in [7, 11) is 1.49. The second-order valence-electron chi connectivity index (χ2n) is 8.61. The van der Waals surface area contributed by atoms with Gasteiger partial charge in [0.05, 0.1) is 18.6 Å². The number of carbonyl (C=O) groups excluding carboxylic acids is 2. The number of rotatable bonds is 10. The smallest absolute Gasteiger partial charge is 0.407 e. The Morgan fingerprint density at radius 3 is 2.21 bits per heavy atom. The SMILES string of the molecule is COCCN(CC(=O)O)C(=O)CC1(NC(=O)OCC2c3ccccc3-c3ccccc32)CC1. The summed E-state index contributed by atoms with van der Waals surface area (Å²) in [4.78, 5) is 37.6. The number of aliphatic carboxylic acids is 1. The van der Waals surface area contributed by atoms with Crippen LogP contribution >= 0.6 is 0 Å². The molecule has 174 valence electrons. The quantitative estimate of drug-likeness (QED) is 0.574. The van der Waals surface area contributed by atoms with E-state index < -0.39 is 24.1 Å². The molecule has 2 N–H and O–H groups in total. The highest BCUT2D eigenvalue weighted by molar-refractivity contribution is 5.83. The van der Waals surface area contributed by atoms with E-state index in [9.17, 15) is 14.4 Å². The lowest BCUT2D eigenvalue weighted by atomic mass is 9.98. The number of ether oxygens (including phenoxy) is 2. The Hall–Kier alpha value is -3.39. The summed E-state index contributed by atoms with van der Waals surface area (Å²) in [6.07, 6.45) is 0.764. The van der Waals surface area contributed by atoms with E-state index in [2.05, 4.69) is 29.6 Å². The Balaban J connectivity index is 1.35. The third-order valence-electron chi connectivity index (χ3n) is 6.30. The zero-order chi connectivity index (χ0) is 23.4. The molecule has 0 radical (unpaired) electrons. The number of nitrogens with one attached hydrogen (secondary N) is 1. The Bertz CT molecular complexity index is 1000. The van der Waals surface area contributed by atoms with Gasteiger partial charge in [0.25, 0.3) is 0 Å². The molecule has 2 aliphatic rings. The summed E-state index contributed by atoms with van der Waals surface area (Å²) in [6, 6.07) is 16.2. The minimum absolute atomic E-state index is 0.0359. The van der Waals surface area contributed by atoms with Gasteiger partial charge in [0.15, 0.2) is 0 Å². The topological polar surface area (TPSA) is 105 Å². The maximum absolute atomic E-state index is 12.7. The largest absolute Gasteiger partial charge is 0.480 e. The molecule has 2 aromatic rings. The fourth-order valence-corrected chi connectivity index (χ4v) is 4.41. The van der Waals surface area contributed by atoms with Crippen molar-refractivity contribution in [3.05, 3.63) is 59.7 Å². The van der Waals surface area contributed by atoms with Crippen LogP contribution in [0.1, 0.15) is 36.3 Å². The van der Waals surface area contributed by atoms with Crippen molar-refractivity contribution < 1.29 is 29.0 Å². The molecule has 2 amide bonds. The van der Waals surface area contributed by atoms with E-state index in [0.29, 0.717) is 12.8 Å². The molecule has 2 aromatic carbocycles. The van der Waals surface area contributed by atoms with Gasteiger partial charge >= 0.3 is 12.1 Å². The average molecular weight is 453 g/mol. The fourth-order valence-electron chi connectivity index (χ4n) is 4.41. The number of benzene rings is 2. The second-order valence-corrected chi connectivity index (χ2v) is 8.61. The van der Waals surface area contributed by atoms with Crippen molar-refractivity contribution in [1.29, 1.82) is 0 Å². The first kappa shape index (κ1) is 22.8. The molecule has 0 saturated heterocycles. The zero-order valence-electron chi connectivity index (χ0n) is 18.6. The molecule has 0 unspecified atom stereocenters. The minimum atomic E-state index is -1.09. The number of methoxy groups -OCH3 is 1. The van der Waals surface area contributed by atoms with E-state index in [1.165, 1.54) is 12.0 Å². The van der Waals surface area contributed by atoms with Crippen molar-refractivity contribution in [2.24, 2.45) is 0 Å². The van der Waals surface area contributed by atoms with Crippen molar-refractivity contribution in [1.82, 2.24) is 10.2 Å². The summed E-state index contributed by atoms with van der Waals surface area (Å²) < 4.78 is 10.6. The molecule has 8 heteroatoms. The Kier molecular flexibility index (Phi) is 6.65. The first-order valence-electron chi connectivity index (χ1n) is 11.0. The Morgan fingerprint density at radius 1 is 1.06 bits per heavy atom. The molecule has 2 aliphatic carbocycles. The highest BCUT2D eigenvalue weighted by Gasteiger charge is 2.47. The third kappa shape index (κ3) is 5.17. The van der Waals surface area contributed by atoms with Gasteiger partial charge in [-0.05, 0) is 35.1 Å². The van der Waals surface area contributed by atoms with Gasteiger partial charge in [0, 0.05) is 19.6 Å². The van der Waals surface area contributed by atoms with E-state index in [-0.39, 0.29) is 38.0 Å². The van der Waals surface area contributed by atoms with Crippen LogP contribution in [0.2, 0.25) is 0 Å². The number of fused-ring (bicyclic) bond motifs is 3. The first-order chi connectivity index (χ1) is 15.9. The molecule has 0 bridgehead atoms. The molecule has 0 aliphatic heterocycles. The monoisotopic (exact) mass is 452 g/mol. The summed E-state index contributed by atoms with van der Waals surface area (Å²) in [6.45, 7) is 0.223. The fraction of sp³-hybridized carbons (Fsp3) is 0.400. The average Bonchev–Trinajstić information content (AvgIpc) is 3.47. The molecular weight excluding hydrogens is 424 g/mol. The number of nitrogens with zero attached hydrogens (tertiary/aromatic N) is 1. The van der Waals surface area contributed by atoms with Crippen LogP contribution in [0.3, 0.4) is 0 Å². The molecule has 0 heterocycles. The lowest BCUT2D eigenvalue weighted by Gasteiger charge is -2.24. The van der Waals surface area contributed by atoms with Crippen LogP contribution in [0.25, 0.3) is 11.1 Å². The first-order valence-corrected chi connectivity index (χ1v) is 11.0. The van der Waals surface area contributed by atoms with Crippen LogP contribution in [0.5, 0.6) is 0 Å². The van der Waals surface area contributed by atoms with Gasteiger partial charge < -0.3 is 24.8 Å². The van der Waals surface area contributed by atoms with Crippen molar-refractivity contribution in [2.45, 2.75) is 30.7 Å². The van der Waals surface area contributed by atoms with Gasteiger partial charge in [-0.15, -0.1) is 0 Å². The second kappa shape index (κ2) is 9.62. The molecule has 1 fully saturated rings. The van der Waals surface area contributed by atoms with Gasteiger partial charge in [-0.25, -0.2) is 4.79 Å². The highest BCUT2D eigenvalue weighted by Crippen LogP contribution is 2.44. The van der Waals surface area contributed by atoms with Crippen LogP contribution in [-0.2, 0) is 19.1 Å². The van der Waals surface area contributed by atoms with E-state index in [4.69, 9.17) is 14.6 Å². The number of hydrogen-bond acceptors (Lipinski definition) is 5. The van der Waals surface area contributed by atoms with E-state index in [0.717, 1.165) is 22.3 Å². The molecule has 0 spiro atoms. The molecule has 33 heavy (non-hydrogen) atoms. The number of hydrogen-bond donors (Lipinski definition) is 2. The van der Waals surface area contributed by atoms with Crippen LogP contribution in [0.15, 0.2) is 48.5 Å². The number of carbonyl (C=O) groups is 3. The summed E-state index contributed by atoms with van der Waals surface area (Å²) in [5, 5.41) is 11.9. The summed E-state index contributed by atoms with van der Waals surface area (Å²) in [5.74, 6) is -1.46. The minimum Gasteiger partial charge on any atom is -0.480 e. The van der Waals surface area contributed by atoms with Crippen LogP contribution in [0, 0.1) is 0 Å². The van der Waals surface area contributed by atoms with Gasteiger partial charge in [0.1, 0.15) is 13.2 Å². The van der Waals surface area contributed by atoms with Gasteiger partial charge in [-0.3, -0.25) is 9.59 Å². The maximum atomic E-state index is 12.7. The van der Waals surface area contributed by atoms with Crippen LogP contribution in [0.4, 0.5) is 4.79 Å². The van der Waals surface area contributed by atoms with Crippen molar-refractivity contribution in [2.75, 3.05) is 33.4 Å². The highest BCUT2D eigenvalue weighted by atomic mass is 16.5. The summed E-state index contributed by atoms with van der Waals surface area (Å²) in [5.41, 5.74) is 3.89. The van der Waals surface area contributed by atoms with Gasteiger partial charge in [-0.1, -0.05) is 48.5 Å². The van der Waals surface area contributed by atoms with Gasteiger partial charge in [-0.2, -0.15) is 0 Å². The standard InChI is InChI=1S/C25H28N2O6/c1-32-13-12-27(15-23(29)30)22(28)14-25(10-11-25)26-24(31)33-16-21-19-8-4-2-6-17(19)18-7-3-5-9-20(18)21/h2-9,21H,10-16H2,1H3,(H,26,31)(H,29,30). The molecule has 1 saturated carbocycles. The Morgan fingerprint density at radius 2 is 1.67 bits per heavy atom. The van der Waals surface area contributed by atoms with Crippen molar-refractivity contribution in [3.63, 3.8) is 0 Å². The van der Waals surface area contributed by atoms with Crippen molar-refractivity contribution in [3.8, 4) is 11.1 Å². The molecule has 0 atom stereocenters. The van der Waals surface area contributed by atoms with Crippen LogP contribution in [-0.4, -0.2) is 66.9 Å². The molecule has 8 nitrogen and oxygen atoms in total. The molecule has 0 aromatic heterocycles. The predicted octanol–water partition coefficient (Wildman–Crippen LogP) is 3.01. The maximum Gasteiger partial charge on any atom is 0.407 e. The van der Waals surface area contributed by atoms with E-state index >= 15 is 0 Å². The third-order valence-corrected chi connectivity index (χ3v) is 6.30. The summed E-state index contributed by atoms with van der Waals surface area (Å²) >= 11 is 0. The Labute approximate surface area is 192 Å². The zero-order valence-corrected chi connectivity index (χ0v) is 18.6. The number of amides is 2. The number of carboxylic acids is 1.